The lowest BCUT2D eigenvalue weighted by atomic mass is 10.1. The van der Waals surface area contributed by atoms with Gasteiger partial charge in [-0.2, -0.15) is 14.0 Å². The summed E-state index contributed by atoms with van der Waals surface area (Å²) in [4.78, 5) is 11.6. The first kappa shape index (κ1) is 14.9. The minimum atomic E-state index is -2.97. The molecule has 0 aliphatic rings. The van der Waals surface area contributed by atoms with Gasteiger partial charge in [0.2, 0.25) is 0 Å². The fraction of sp³-hybridized carbons (Fsp3) is 0.385. The highest BCUT2D eigenvalue weighted by Crippen LogP contribution is 2.21. The van der Waals surface area contributed by atoms with Gasteiger partial charge in [0.25, 0.3) is 0 Å². The smallest absolute Gasteiger partial charge is 0.387 e. The van der Waals surface area contributed by atoms with Crippen LogP contribution < -0.4 is 4.74 Å². The zero-order valence-corrected chi connectivity index (χ0v) is 10.4. The van der Waals surface area contributed by atoms with Gasteiger partial charge in [-0.1, -0.05) is 0 Å². The number of nitrogens with zero attached hydrogens (tertiary/aromatic N) is 1. The topological polar surface area (TPSA) is 59.3 Å². The van der Waals surface area contributed by atoms with E-state index in [2.05, 4.69) is 4.74 Å². The Morgan fingerprint density at radius 2 is 2.16 bits per heavy atom. The van der Waals surface area contributed by atoms with Crippen LogP contribution >= 0.6 is 0 Å². The molecule has 0 saturated heterocycles. The standard InChI is InChI=1S/C13H13F2NO3/c1-2-18-12(17)10-6-9(4-3-5-16)7-11(8-10)19-13(14)15/h6-8,13H,2-4H2,1H3. The molecule has 6 heteroatoms. The minimum absolute atomic E-state index is 0.117. The van der Waals surface area contributed by atoms with Crippen molar-refractivity contribution in [2.24, 2.45) is 0 Å². The lowest BCUT2D eigenvalue weighted by molar-refractivity contribution is -0.0499. The number of alkyl halides is 2. The lowest BCUT2D eigenvalue weighted by Crippen LogP contribution is -2.08. The van der Waals surface area contributed by atoms with E-state index in [1.165, 1.54) is 18.2 Å². The second kappa shape index (κ2) is 7.31. The first-order valence-corrected chi connectivity index (χ1v) is 5.69. The number of carbonyl (C=O) groups excluding carboxylic acids is 1. The third-order valence-electron chi connectivity index (χ3n) is 2.23. The van der Waals surface area contributed by atoms with Crippen LogP contribution in [0.15, 0.2) is 18.2 Å². The molecule has 0 atom stereocenters. The number of ether oxygens (including phenoxy) is 2. The molecule has 0 heterocycles. The van der Waals surface area contributed by atoms with Gasteiger partial charge in [0.1, 0.15) is 5.75 Å². The highest BCUT2D eigenvalue weighted by atomic mass is 19.3. The lowest BCUT2D eigenvalue weighted by Gasteiger charge is -2.09. The predicted molar refractivity (Wildman–Crippen MR) is 63.0 cm³/mol. The zero-order valence-electron chi connectivity index (χ0n) is 10.4. The molecule has 0 bridgehead atoms. The van der Waals surface area contributed by atoms with Crippen LogP contribution in [0, 0.1) is 11.3 Å². The molecule has 0 fully saturated rings. The molecule has 0 amide bonds. The Morgan fingerprint density at radius 1 is 1.42 bits per heavy atom. The molecule has 0 spiro atoms. The highest BCUT2D eigenvalue weighted by molar-refractivity contribution is 5.90. The summed E-state index contributed by atoms with van der Waals surface area (Å²) < 4.78 is 33.5. The number of hydrogen-bond donors (Lipinski definition) is 0. The number of nitriles is 1. The van der Waals surface area contributed by atoms with Gasteiger partial charge in [-0.3, -0.25) is 0 Å². The minimum Gasteiger partial charge on any atom is -0.462 e. The molecule has 0 aliphatic carbocycles. The van der Waals surface area contributed by atoms with Crippen LogP contribution in [0.25, 0.3) is 0 Å². The van der Waals surface area contributed by atoms with Gasteiger partial charge in [0.05, 0.1) is 18.2 Å². The molecular formula is C13H13F2NO3. The Labute approximate surface area is 109 Å². The molecule has 1 rings (SSSR count). The van der Waals surface area contributed by atoms with E-state index in [-0.39, 0.29) is 24.3 Å². The van der Waals surface area contributed by atoms with Gasteiger partial charge in [-0.05, 0) is 37.1 Å². The number of benzene rings is 1. The average Bonchev–Trinajstić information content (AvgIpc) is 2.35. The summed E-state index contributed by atoms with van der Waals surface area (Å²) in [6, 6.07) is 6.03. The van der Waals surface area contributed by atoms with E-state index in [4.69, 9.17) is 10.00 Å². The molecule has 102 valence electrons. The molecule has 1 aromatic rings. The van der Waals surface area contributed by atoms with E-state index in [0.29, 0.717) is 12.0 Å². The quantitative estimate of drug-likeness (QED) is 0.745. The maximum atomic E-state index is 12.2. The van der Waals surface area contributed by atoms with E-state index in [1.54, 1.807) is 6.92 Å². The van der Waals surface area contributed by atoms with E-state index < -0.39 is 12.6 Å². The van der Waals surface area contributed by atoms with Crippen molar-refractivity contribution in [3.05, 3.63) is 29.3 Å². The number of rotatable bonds is 6. The molecule has 0 unspecified atom stereocenters. The number of carbonyl (C=O) groups is 1. The Morgan fingerprint density at radius 3 is 2.74 bits per heavy atom. The van der Waals surface area contributed by atoms with Gasteiger partial charge in [0, 0.05) is 6.42 Å². The van der Waals surface area contributed by atoms with Gasteiger partial charge in [-0.25, -0.2) is 4.79 Å². The van der Waals surface area contributed by atoms with Crippen molar-refractivity contribution < 1.29 is 23.0 Å². The molecular weight excluding hydrogens is 256 g/mol. The number of hydrogen-bond acceptors (Lipinski definition) is 4. The Hall–Kier alpha value is -2.16. The Kier molecular flexibility index (Phi) is 5.73. The molecule has 0 radical (unpaired) electrons. The van der Waals surface area contributed by atoms with Gasteiger partial charge in [-0.15, -0.1) is 0 Å². The number of halogens is 2. The summed E-state index contributed by atoms with van der Waals surface area (Å²) in [6.45, 7) is -1.14. The van der Waals surface area contributed by atoms with Crippen molar-refractivity contribution in [1.82, 2.24) is 0 Å². The molecule has 0 N–H and O–H groups in total. The summed E-state index contributed by atoms with van der Waals surface area (Å²) in [5.74, 6) is -0.728. The first-order chi connectivity index (χ1) is 9.06. The van der Waals surface area contributed by atoms with Crippen LogP contribution in [0.4, 0.5) is 8.78 Å². The van der Waals surface area contributed by atoms with Crippen molar-refractivity contribution in [3.8, 4) is 11.8 Å². The molecule has 1 aromatic carbocycles. The summed E-state index contributed by atoms with van der Waals surface area (Å²) in [5.41, 5.74) is 0.704. The molecule has 4 nitrogen and oxygen atoms in total. The van der Waals surface area contributed by atoms with Crippen LogP contribution in [-0.4, -0.2) is 19.2 Å². The van der Waals surface area contributed by atoms with E-state index in [1.807, 2.05) is 6.07 Å². The van der Waals surface area contributed by atoms with Crippen molar-refractivity contribution >= 4 is 5.97 Å². The maximum Gasteiger partial charge on any atom is 0.387 e. The van der Waals surface area contributed by atoms with Crippen LogP contribution in [0.1, 0.15) is 29.3 Å². The van der Waals surface area contributed by atoms with Crippen LogP contribution in [0.2, 0.25) is 0 Å². The summed E-state index contributed by atoms with van der Waals surface area (Å²) in [7, 11) is 0. The largest absolute Gasteiger partial charge is 0.462 e. The summed E-state index contributed by atoms with van der Waals surface area (Å²) in [5, 5.41) is 8.51. The van der Waals surface area contributed by atoms with Gasteiger partial charge in [0.15, 0.2) is 0 Å². The van der Waals surface area contributed by atoms with E-state index in [9.17, 15) is 13.6 Å². The van der Waals surface area contributed by atoms with Gasteiger partial charge >= 0.3 is 12.6 Å². The van der Waals surface area contributed by atoms with Crippen molar-refractivity contribution in [2.75, 3.05) is 6.61 Å². The maximum absolute atomic E-state index is 12.2. The Balaban J connectivity index is 3.01. The van der Waals surface area contributed by atoms with Crippen molar-refractivity contribution in [3.63, 3.8) is 0 Å². The van der Waals surface area contributed by atoms with Crippen molar-refractivity contribution in [2.45, 2.75) is 26.4 Å². The van der Waals surface area contributed by atoms with Crippen molar-refractivity contribution in [1.29, 1.82) is 5.26 Å². The highest BCUT2D eigenvalue weighted by Gasteiger charge is 2.12. The van der Waals surface area contributed by atoms with Crippen LogP contribution in [0.3, 0.4) is 0 Å². The monoisotopic (exact) mass is 269 g/mol. The summed E-state index contributed by atoms with van der Waals surface area (Å²) in [6.07, 6.45) is 0.573. The zero-order chi connectivity index (χ0) is 14.3. The average molecular weight is 269 g/mol. The third kappa shape index (κ3) is 4.92. The fourth-order valence-corrected chi connectivity index (χ4v) is 1.51. The predicted octanol–water partition coefficient (Wildman–Crippen LogP) is 2.92. The Bertz CT molecular complexity index is 483. The molecule has 0 aromatic heterocycles. The number of esters is 1. The first-order valence-electron chi connectivity index (χ1n) is 5.69. The third-order valence-corrected chi connectivity index (χ3v) is 2.23. The second-order valence-corrected chi connectivity index (χ2v) is 3.62. The summed E-state index contributed by atoms with van der Waals surface area (Å²) >= 11 is 0. The molecule has 19 heavy (non-hydrogen) atoms. The van der Waals surface area contributed by atoms with Crippen LogP contribution in [-0.2, 0) is 11.2 Å². The van der Waals surface area contributed by atoms with Gasteiger partial charge < -0.3 is 9.47 Å². The second-order valence-electron chi connectivity index (χ2n) is 3.62. The number of aryl methyl sites for hydroxylation is 1. The van der Waals surface area contributed by atoms with E-state index in [0.717, 1.165) is 0 Å². The fourth-order valence-electron chi connectivity index (χ4n) is 1.51. The van der Waals surface area contributed by atoms with Crippen LogP contribution in [0.5, 0.6) is 5.75 Å². The SMILES string of the molecule is CCOC(=O)c1cc(CCC#N)cc(OC(F)F)c1. The molecule has 0 aliphatic heterocycles. The molecule has 0 saturated carbocycles. The van der Waals surface area contributed by atoms with E-state index >= 15 is 0 Å². The normalized spacial score (nSPS) is 10.1.